The van der Waals surface area contributed by atoms with Gasteiger partial charge in [0.05, 0.1) is 0 Å². The van der Waals surface area contributed by atoms with Crippen molar-refractivity contribution in [2.45, 2.75) is 13.8 Å². The van der Waals surface area contributed by atoms with E-state index in [-0.39, 0.29) is 12.5 Å². The van der Waals surface area contributed by atoms with E-state index in [1.807, 2.05) is 44.2 Å². The summed E-state index contributed by atoms with van der Waals surface area (Å²) in [5, 5.41) is 2.82. The van der Waals surface area contributed by atoms with Crippen LogP contribution >= 0.6 is 0 Å². The first-order valence-corrected chi connectivity index (χ1v) is 8.28. The second-order valence-corrected chi connectivity index (χ2v) is 5.87. The van der Waals surface area contributed by atoms with Crippen LogP contribution in [-0.2, 0) is 4.79 Å². The Kier molecular flexibility index (Phi) is 5.49. The van der Waals surface area contributed by atoms with Gasteiger partial charge in [-0.2, -0.15) is 0 Å². The maximum Gasteiger partial charge on any atom is 0.262 e. The van der Waals surface area contributed by atoms with Crippen LogP contribution in [0.15, 0.2) is 67.0 Å². The molecule has 1 heterocycles. The Morgan fingerprint density at radius 3 is 2.38 bits per heavy atom. The van der Waals surface area contributed by atoms with Crippen molar-refractivity contribution in [1.29, 1.82) is 0 Å². The van der Waals surface area contributed by atoms with E-state index in [1.165, 1.54) is 0 Å². The van der Waals surface area contributed by atoms with E-state index in [2.05, 4.69) is 10.3 Å². The lowest BCUT2D eigenvalue weighted by atomic mass is 10.1. The van der Waals surface area contributed by atoms with E-state index >= 15 is 0 Å². The first kappa shape index (κ1) is 17.5. The fraction of sp³-hybridized carbons (Fsp3) is 0.143. The first-order valence-electron chi connectivity index (χ1n) is 8.28. The minimum atomic E-state index is -0.228. The van der Waals surface area contributed by atoms with Gasteiger partial charge < -0.3 is 14.8 Å². The molecule has 5 heteroatoms. The molecule has 0 aliphatic rings. The van der Waals surface area contributed by atoms with Crippen LogP contribution in [0.1, 0.15) is 11.1 Å². The summed E-state index contributed by atoms with van der Waals surface area (Å²) in [5.74, 6) is 1.83. The Bertz CT molecular complexity index is 875. The quantitative estimate of drug-likeness (QED) is 0.712. The highest BCUT2D eigenvalue weighted by molar-refractivity contribution is 5.92. The molecule has 0 spiro atoms. The van der Waals surface area contributed by atoms with Crippen molar-refractivity contribution in [3.05, 3.63) is 78.1 Å². The number of hydrogen-bond donors (Lipinski definition) is 1. The normalized spacial score (nSPS) is 10.2. The van der Waals surface area contributed by atoms with E-state index in [0.717, 1.165) is 16.9 Å². The molecular weight excluding hydrogens is 328 g/mol. The number of carbonyl (C=O) groups excluding carboxylic acids is 1. The van der Waals surface area contributed by atoms with Gasteiger partial charge in [-0.15, -0.1) is 0 Å². The highest BCUT2D eigenvalue weighted by atomic mass is 16.5. The monoisotopic (exact) mass is 348 g/mol. The van der Waals surface area contributed by atoms with Gasteiger partial charge in [0.2, 0.25) is 0 Å². The summed E-state index contributed by atoms with van der Waals surface area (Å²) in [6.45, 7) is 3.86. The zero-order valence-electron chi connectivity index (χ0n) is 14.7. The number of aromatic nitrogens is 1. The molecule has 0 saturated heterocycles. The van der Waals surface area contributed by atoms with Gasteiger partial charge in [0, 0.05) is 24.1 Å². The van der Waals surface area contributed by atoms with Crippen molar-refractivity contribution < 1.29 is 14.3 Å². The predicted molar refractivity (Wildman–Crippen MR) is 101 cm³/mol. The highest BCUT2D eigenvalue weighted by Crippen LogP contribution is 2.24. The number of rotatable bonds is 6. The average molecular weight is 348 g/mol. The van der Waals surface area contributed by atoms with Crippen molar-refractivity contribution in [1.82, 2.24) is 4.98 Å². The summed E-state index contributed by atoms with van der Waals surface area (Å²) < 4.78 is 11.4. The molecule has 0 aliphatic heterocycles. The van der Waals surface area contributed by atoms with Gasteiger partial charge in [-0.3, -0.25) is 9.78 Å². The molecule has 2 aromatic carbocycles. The number of para-hydroxylation sites is 1. The Morgan fingerprint density at radius 1 is 0.962 bits per heavy atom. The highest BCUT2D eigenvalue weighted by Gasteiger charge is 2.08. The number of carbonyl (C=O) groups is 1. The largest absolute Gasteiger partial charge is 0.483 e. The van der Waals surface area contributed by atoms with Crippen LogP contribution in [0.2, 0.25) is 0 Å². The van der Waals surface area contributed by atoms with E-state index in [9.17, 15) is 4.79 Å². The molecule has 3 rings (SSSR count). The van der Waals surface area contributed by atoms with Crippen molar-refractivity contribution in [2.24, 2.45) is 0 Å². The van der Waals surface area contributed by atoms with Gasteiger partial charge in [0.1, 0.15) is 17.2 Å². The molecular formula is C21H20N2O3. The fourth-order valence-electron chi connectivity index (χ4n) is 2.54. The number of aryl methyl sites for hydroxylation is 2. The second kappa shape index (κ2) is 8.16. The molecule has 5 nitrogen and oxygen atoms in total. The van der Waals surface area contributed by atoms with E-state index < -0.39 is 0 Å². The third-order valence-electron chi connectivity index (χ3n) is 3.76. The number of pyridine rings is 1. The third-order valence-corrected chi connectivity index (χ3v) is 3.76. The second-order valence-electron chi connectivity index (χ2n) is 5.87. The standard InChI is InChI=1S/C21H20N2O3/c1-15-5-3-6-16(2)21(15)25-14-20(24)23-17-7-4-8-19(13-17)26-18-9-11-22-12-10-18/h3-13H,14H2,1-2H3,(H,23,24). The molecule has 3 aromatic rings. The average Bonchev–Trinajstić information content (AvgIpc) is 2.62. The summed E-state index contributed by atoms with van der Waals surface area (Å²) in [6, 6.07) is 16.6. The molecule has 0 bridgehead atoms. The summed E-state index contributed by atoms with van der Waals surface area (Å²) in [4.78, 5) is 16.1. The fourth-order valence-corrected chi connectivity index (χ4v) is 2.54. The maximum absolute atomic E-state index is 12.2. The Hall–Kier alpha value is -3.34. The molecule has 0 aliphatic carbocycles. The van der Waals surface area contributed by atoms with Crippen molar-refractivity contribution in [3.8, 4) is 17.2 Å². The Labute approximate surface area is 152 Å². The molecule has 1 amide bonds. The van der Waals surface area contributed by atoms with Gasteiger partial charge >= 0.3 is 0 Å². The summed E-state index contributed by atoms with van der Waals surface area (Å²) >= 11 is 0. The van der Waals surface area contributed by atoms with Crippen LogP contribution in [-0.4, -0.2) is 17.5 Å². The summed E-state index contributed by atoms with van der Waals surface area (Å²) in [5.41, 5.74) is 2.66. The number of nitrogens with zero attached hydrogens (tertiary/aromatic N) is 1. The summed E-state index contributed by atoms with van der Waals surface area (Å²) in [6.07, 6.45) is 3.32. The van der Waals surface area contributed by atoms with Crippen LogP contribution in [0, 0.1) is 13.8 Å². The number of ether oxygens (including phenoxy) is 2. The van der Waals surface area contributed by atoms with E-state index in [1.54, 1.807) is 36.7 Å². The maximum atomic E-state index is 12.2. The minimum absolute atomic E-state index is 0.0544. The number of hydrogen-bond acceptors (Lipinski definition) is 4. The molecule has 1 aromatic heterocycles. The molecule has 1 N–H and O–H groups in total. The van der Waals surface area contributed by atoms with Gasteiger partial charge in [0.25, 0.3) is 5.91 Å². The number of benzene rings is 2. The van der Waals surface area contributed by atoms with E-state index in [0.29, 0.717) is 17.2 Å². The molecule has 0 fully saturated rings. The third kappa shape index (κ3) is 4.60. The van der Waals surface area contributed by atoms with Gasteiger partial charge in [-0.1, -0.05) is 24.3 Å². The number of nitrogens with one attached hydrogen (secondary N) is 1. The van der Waals surface area contributed by atoms with Crippen LogP contribution in [0.5, 0.6) is 17.2 Å². The van der Waals surface area contributed by atoms with Crippen LogP contribution in [0.3, 0.4) is 0 Å². The van der Waals surface area contributed by atoms with Gasteiger partial charge in [-0.05, 0) is 49.2 Å². The lowest BCUT2D eigenvalue weighted by Gasteiger charge is -2.12. The molecule has 0 atom stereocenters. The lowest BCUT2D eigenvalue weighted by Crippen LogP contribution is -2.20. The van der Waals surface area contributed by atoms with Crippen molar-refractivity contribution in [2.75, 3.05) is 11.9 Å². The van der Waals surface area contributed by atoms with Crippen molar-refractivity contribution >= 4 is 11.6 Å². The Morgan fingerprint density at radius 2 is 1.65 bits per heavy atom. The smallest absolute Gasteiger partial charge is 0.262 e. The predicted octanol–water partition coefficient (Wildman–Crippen LogP) is 4.51. The van der Waals surface area contributed by atoms with Crippen LogP contribution < -0.4 is 14.8 Å². The van der Waals surface area contributed by atoms with Crippen molar-refractivity contribution in [3.63, 3.8) is 0 Å². The lowest BCUT2D eigenvalue weighted by molar-refractivity contribution is -0.118. The van der Waals surface area contributed by atoms with Gasteiger partial charge in [-0.25, -0.2) is 0 Å². The van der Waals surface area contributed by atoms with Gasteiger partial charge in [0.15, 0.2) is 6.61 Å². The van der Waals surface area contributed by atoms with E-state index in [4.69, 9.17) is 9.47 Å². The zero-order chi connectivity index (χ0) is 18.4. The van der Waals surface area contributed by atoms with Crippen LogP contribution in [0.25, 0.3) is 0 Å². The topological polar surface area (TPSA) is 60.5 Å². The SMILES string of the molecule is Cc1cccc(C)c1OCC(=O)Nc1cccc(Oc2ccncc2)c1. The molecule has 26 heavy (non-hydrogen) atoms. The van der Waals surface area contributed by atoms with Crippen LogP contribution in [0.4, 0.5) is 5.69 Å². The molecule has 0 unspecified atom stereocenters. The first-order chi connectivity index (χ1) is 12.6. The minimum Gasteiger partial charge on any atom is -0.483 e. The number of amides is 1. The molecule has 132 valence electrons. The Balaban J connectivity index is 1.60. The zero-order valence-corrected chi connectivity index (χ0v) is 14.7. The molecule has 0 radical (unpaired) electrons. The summed E-state index contributed by atoms with van der Waals surface area (Å²) in [7, 11) is 0. The molecule has 0 saturated carbocycles. The number of anilines is 1.